The molecule has 0 aromatic rings. The lowest BCUT2D eigenvalue weighted by Crippen LogP contribution is -2.25. The zero-order valence-corrected chi connectivity index (χ0v) is 13.3. The van der Waals surface area contributed by atoms with E-state index >= 15 is 0 Å². The molecular weight excluding hydrogens is 236 g/mol. The van der Waals surface area contributed by atoms with E-state index in [4.69, 9.17) is 0 Å². The van der Waals surface area contributed by atoms with Crippen LogP contribution in [-0.2, 0) is 4.79 Å². The maximum Gasteiger partial charge on any atom is 0.219 e. The highest BCUT2D eigenvalue weighted by atomic mass is 16.2. The predicted molar refractivity (Wildman–Crippen MR) is 81.2 cm³/mol. The number of hydrogen-bond acceptors (Lipinski definition) is 2. The van der Waals surface area contributed by atoms with E-state index in [1.165, 1.54) is 45.3 Å². The minimum atomic E-state index is 0.179. The van der Waals surface area contributed by atoms with Gasteiger partial charge in [-0.2, -0.15) is 0 Å². The smallest absolute Gasteiger partial charge is 0.219 e. The average molecular weight is 268 g/mol. The second-order valence-electron chi connectivity index (χ2n) is 6.38. The normalized spacial score (nSPS) is 21.6. The van der Waals surface area contributed by atoms with Crippen LogP contribution in [0.2, 0.25) is 0 Å². The number of nitrogens with zero attached hydrogens (tertiary/aromatic N) is 2. The Balaban J connectivity index is 2.11. The van der Waals surface area contributed by atoms with Gasteiger partial charge in [0.15, 0.2) is 0 Å². The Hall–Kier alpha value is -0.570. The molecule has 1 rings (SSSR count). The summed E-state index contributed by atoms with van der Waals surface area (Å²) in [5.41, 5.74) is 0. The van der Waals surface area contributed by atoms with Gasteiger partial charge in [-0.05, 0) is 57.0 Å². The Kier molecular flexibility index (Phi) is 7.44. The summed E-state index contributed by atoms with van der Waals surface area (Å²) in [6.45, 7) is 11.1. The van der Waals surface area contributed by atoms with Crippen LogP contribution < -0.4 is 0 Å². The van der Waals surface area contributed by atoms with Gasteiger partial charge in [0.1, 0.15) is 0 Å². The van der Waals surface area contributed by atoms with Crippen molar-refractivity contribution in [1.82, 2.24) is 9.80 Å². The number of rotatable bonds is 8. The molecule has 1 aliphatic rings. The largest absolute Gasteiger partial charge is 0.346 e. The molecule has 1 amide bonds. The molecule has 2 unspecified atom stereocenters. The molecule has 3 heteroatoms. The fourth-order valence-electron chi connectivity index (χ4n) is 3.15. The van der Waals surface area contributed by atoms with E-state index < -0.39 is 0 Å². The maximum atomic E-state index is 11.1. The van der Waals surface area contributed by atoms with Crippen LogP contribution in [0, 0.1) is 11.8 Å². The van der Waals surface area contributed by atoms with Gasteiger partial charge in [-0.25, -0.2) is 0 Å². The lowest BCUT2D eigenvalue weighted by atomic mass is 9.92. The van der Waals surface area contributed by atoms with Crippen molar-refractivity contribution in [3.05, 3.63) is 0 Å². The quantitative estimate of drug-likeness (QED) is 0.675. The van der Waals surface area contributed by atoms with Crippen molar-refractivity contribution < 1.29 is 4.79 Å². The first-order valence-corrected chi connectivity index (χ1v) is 7.97. The van der Waals surface area contributed by atoms with Crippen molar-refractivity contribution in [2.24, 2.45) is 11.8 Å². The standard InChI is InChI=1S/C16H32N2O/c1-5-9-18-11-8-16(13-18)12-14(2)7-6-10-17(4)15(3)19/h14,16H,5-13H2,1-4H3. The van der Waals surface area contributed by atoms with Crippen LogP contribution in [0.4, 0.5) is 0 Å². The summed E-state index contributed by atoms with van der Waals surface area (Å²) in [6.07, 6.45) is 6.42. The van der Waals surface area contributed by atoms with Gasteiger partial charge in [-0.1, -0.05) is 13.8 Å². The molecule has 3 nitrogen and oxygen atoms in total. The van der Waals surface area contributed by atoms with E-state index in [1.54, 1.807) is 6.92 Å². The van der Waals surface area contributed by atoms with Crippen LogP contribution >= 0.6 is 0 Å². The zero-order valence-electron chi connectivity index (χ0n) is 13.3. The molecule has 0 saturated carbocycles. The molecule has 0 spiro atoms. The highest BCUT2D eigenvalue weighted by Gasteiger charge is 2.23. The van der Waals surface area contributed by atoms with Crippen molar-refractivity contribution in [2.75, 3.05) is 33.2 Å². The Morgan fingerprint density at radius 2 is 2.21 bits per heavy atom. The van der Waals surface area contributed by atoms with Crippen LogP contribution in [0.5, 0.6) is 0 Å². The lowest BCUT2D eigenvalue weighted by molar-refractivity contribution is -0.127. The van der Waals surface area contributed by atoms with Gasteiger partial charge < -0.3 is 9.80 Å². The van der Waals surface area contributed by atoms with Crippen LogP contribution in [-0.4, -0.2) is 48.9 Å². The summed E-state index contributed by atoms with van der Waals surface area (Å²) in [7, 11) is 1.90. The molecule has 0 aromatic heterocycles. The molecule has 112 valence electrons. The summed E-state index contributed by atoms with van der Waals surface area (Å²) < 4.78 is 0. The second-order valence-corrected chi connectivity index (χ2v) is 6.38. The third kappa shape index (κ3) is 6.42. The topological polar surface area (TPSA) is 23.6 Å². The molecule has 19 heavy (non-hydrogen) atoms. The molecule has 1 heterocycles. The van der Waals surface area contributed by atoms with Gasteiger partial charge in [-0.15, -0.1) is 0 Å². The van der Waals surface area contributed by atoms with E-state index in [-0.39, 0.29) is 5.91 Å². The van der Waals surface area contributed by atoms with Crippen molar-refractivity contribution >= 4 is 5.91 Å². The number of carbonyl (C=O) groups excluding carboxylic acids is 1. The van der Waals surface area contributed by atoms with Crippen LogP contribution in [0.3, 0.4) is 0 Å². The van der Waals surface area contributed by atoms with Crippen molar-refractivity contribution in [3.8, 4) is 0 Å². The molecule has 0 radical (unpaired) electrons. The molecule has 1 fully saturated rings. The molecule has 0 bridgehead atoms. The first-order valence-electron chi connectivity index (χ1n) is 7.97. The van der Waals surface area contributed by atoms with Gasteiger partial charge in [0.05, 0.1) is 0 Å². The van der Waals surface area contributed by atoms with E-state index in [0.717, 1.165) is 24.8 Å². The van der Waals surface area contributed by atoms with E-state index in [9.17, 15) is 4.79 Å². The minimum absolute atomic E-state index is 0.179. The van der Waals surface area contributed by atoms with E-state index in [1.807, 2.05) is 11.9 Å². The monoisotopic (exact) mass is 268 g/mol. The highest BCUT2D eigenvalue weighted by Crippen LogP contribution is 2.25. The number of carbonyl (C=O) groups is 1. The first-order chi connectivity index (χ1) is 9.02. The third-order valence-electron chi connectivity index (χ3n) is 4.37. The van der Waals surface area contributed by atoms with Crippen molar-refractivity contribution in [3.63, 3.8) is 0 Å². The lowest BCUT2D eigenvalue weighted by Gasteiger charge is -2.19. The number of likely N-dealkylation sites (tertiary alicyclic amines) is 1. The molecule has 0 N–H and O–H groups in total. The third-order valence-corrected chi connectivity index (χ3v) is 4.37. The van der Waals surface area contributed by atoms with Crippen LogP contribution in [0.1, 0.15) is 52.9 Å². The summed E-state index contributed by atoms with van der Waals surface area (Å²) in [4.78, 5) is 15.6. The van der Waals surface area contributed by atoms with Crippen molar-refractivity contribution in [1.29, 1.82) is 0 Å². The zero-order chi connectivity index (χ0) is 14.3. The number of amides is 1. The molecule has 0 aliphatic carbocycles. The van der Waals surface area contributed by atoms with Gasteiger partial charge in [-0.3, -0.25) is 4.79 Å². The fraction of sp³-hybridized carbons (Fsp3) is 0.938. The predicted octanol–water partition coefficient (Wildman–Crippen LogP) is 3.00. The molecular formula is C16H32N2O. The van der Waals surface area contributed by atoms with Gasteiger partial charge in [0, 0.05) is 27.1 Å². The average Bonchev–Trinajstić information content (AvgIpc) is 2.76. The Bertz CT molecular complexity index is 267. The fourth-order valence-corrected chi connectivity index (χ4v) is 3.15. The van der Waals surface area contributed by atoms with Gasteiger partial charge in [0.2, 0.25) is 5.91 Å². The SMILES string of the molecule is CCCN1CCC(CC(C)CCCN(C)C(C)=O)C1. The highest BCUT2D eigenvalue weighted by molar-refractivity contribution is 5.72. The Morgan fingerprint density at radius 3 is 2.84 bits per heavy atom. The van der Waals surface area contributed by atoms with Crippen LogP contribution in [0.15, 0.2) is 0 Å². The Labute approximate surface area is 119 Å². The van der Waals surface area contributed by atoms with Gasteiger partial charge in [0.25, 0.3) is 0 Å². The maximum absolute atomic E-state index is 11.1. The summed E-state index contributed by atoms with van der Waals surface area (Å²) in [5, 5.41) is 0. The van der Waals surface area contributed by atoms with Crippen molar-refractivity contribution in [2.45, 2.75) is 52.9 Å². The van der Waals surface area contributed by atoms with E-state index in [2.05, 4.69) is 18.7 Å². The molecule has 1 aliphatic heterocycles. The van der Waals surface area contributed by atoms with E-state index in [0.29, 0.717) is 0 Å². The summed E-state index contributed by atoms with van der Waals surface area (Å²) in [6, 6.07) is 0. The Morgan fingerprint density at radius 1 is 1.47 bits per heavy atom. The second kappa shape index (κ2) is 8.57. The molecule has 1 saturated heterocycles. The van der Waals surface area contributed by atoms with Gasteiger partial charge >= 0.3 is 0 Å². The number of hydrogen-bond donors (Lipinski definition) is 0. The summed E-state index contributed by atoms with van der Waals surface area (Å²) in [5.74, 6) is 1.89. The van der Waals surface area contributed by atoms with Crippen LogP contribution in [0.25, 0.3) is 0 Å². The minimum Gasteiger partial charge on any atom is -0.346 e. The molecule has 2 atom stereocenters. The summed E-state index contributed by atoms with van der Waals surface area (Å²) >= 11 is 0. The first kappa shape index (κ1) is 16.5. The molecule has 0 aromatic carbocycles.